The summed E-state index contributed by atoms with van der Waals surface area (Å²) in [5.74, 6) is -0.912. The van der Waals surface area contributed by atoms with Crippen molar-refractivity contribution in [3.63, 3.8) is 0 Å². The summed E-state index contributed by atoms with van der Waals surface area (Å²) < 4.78 is 31.9. The summed E-state index contributed by atoms with van der Waals surface area (Å²) in [5, 5.41) is 4.33. The maximum absolute atomic E-state index is 12.8. The molecule has 3 rings (SSSR count). The second kappa shape index (κ2) is 10.0. The Bertz CT molecular complexity index is 1020. The average molecular weight is 449 g/mol. The number of ether oxygens (including phenoxy) is 1. The zero-order valence-electron chi connectivity index (χ0n) is 16.7. The first-order valence-electron chi connectivity index (χ1n) is 9.67. The highest BCUT2D eigenvalue weighted by atomic mass is 32.2. The molecule has 1 saturated heterocycles. The molecule has 1 fully saturated rings. The molecule has 0 radical (unpaired) electrons. The summed E-state index contributed by atoms with van der Waals surface area (Å²) in [5.41, 5.74) is 1.08. The van der Waals surface area contributed by atoms with Gasteiger partial charge in [0.15, 0.2) is 0 Å². The molecule has 0 atom stereocenters. The number of sulfonamides is 1. The van der Waals surface area contributed by atoms with Gasteiger partial charge in [0, 0.05) is 19.2 Å². The molecule has 1 N–H and O–H groups in total. The van der Waals surface area contributed by atoms with Crippen molar-refractivity contribution in [2.24, 2.45) is 0 Å². The van der Waals surface area contributed by atoms with Crippen molar-refractivity contribution < 1.29 is 22.7 Å². The molecule has 1 aromatic carbocycles. The quantitative estimate of drug-likeness (QED) is 0.537. The number of esters is 1. The molecule has 9 heteroatoms. The molecule has 0 saturated carbocycles. The third-order valence-electron chi connectivity index (χ3n) is 4.80. The number of amides is 1. The lowest BCUT2D eigenvalue weighted by Gasteiger charge is -2.19. The molecular weight excluding hydrogens is 424 g/mol. The number of thiophene rings is 1. The zero-order chi connectivity index (χ0) is 21.6. The molecule has 160 valence electrons. The maximum Gasteiger partial charge on any atom is 0.350 e. The van der Waals surface area contributed by atoms with Crippen LogP contribution in [0.2, 0.25) is 0 Å². The van der Waals surface area contributed by atoms with E-state index in [1.165, 1.54) is 24.5 Å². The van der Waals surface area contributed by atoms with Crippen LogP contribution >= 0.6 is 11.3 Å². The topological polar surface area (TPSA) is 92.8 Å². The van der Waals surface area contributed by atoms with E-state index in [0.29, 0.717) is 29.2 Å². The molecule has 1 aromatic heterocycles. The Morgan fingerprint density at radius 3 is 2.37 bits per heavy atom. The van der Waals surface area contributed by atoms with Gasteiger partial charge in [-0.05, 0) is 48.1 Å². The maximum atomic E-state index is 12.8. The van der Waals surface area contributed by atoms with Gasteiger partial charge in [0.25, 0.3) is 0 Å². The predicted octanol–water partition coefficient (Wildman–Crippen LogP) is 3.75. The molecule has 2 heterocycles. The van der Waals surface area contributed by atoms with Crippen molar-refractivity contribution in [1.29, 1.82) is 0 Å². The Morgan fingerprint density at radius 2 is 1.73 bits per heavy atom. The standard InChI is InChI=1S/C21H24N2O5S2/c1-28-21(25)20-18(12-15-29-20)22-19(24)11-8-16-6-9-17(10-7-16)30(26,27)23-13-4-2-3-5-14-23/h6-12,15H,2-5,13-14H2,1H3,(H,22,24)/b11-8+. The molecule has 2 aromatic rings. The number of nitrogens with zero attached hydrogens (tertiary/aromatic N) is 1. The van der Waals surface area contributed by atoms with Gasteiger partial charge in [-0.3, -0.25) is 4.79 Å². The highest BCUT2D eigenvalue weighted by Gasteiger charge is 2.24. The number of benzene rings is 1. The van der Waals surface area contributed by atoms with Crippen molar-refractivity contribution in [2.45, 2.75) is 30.6 Å². The van der Waals surface area contributed by atoms with Crippen molar-refractivity contribution >= 4 is 45.0 Å². The molecule has 0 bridgehead atoms. The summed E-state index contributed by atoms with van der Waals surface area (Å²) in [4.78, 5) is 24.4. The van der Waals surface area contributed by atoms with Gasteiger partial charge < -0.3 is 10.1 Å². The lowest BCUT2D eigenvalue weighted by Crippen LogP contribution is -2.31. The van der Waals surface area contributed by atoms with Crippen molar-refractivity contribution in [2.75, 3.05) is 25.5 Å². The first kappa shape index (κ1) is 22.2. The lowest BCUT2D eigenvalue weighted by atomic mass is 10.2. The minimum absolute atomic E-state index is 0.256. The fourth-order valence-corrected chi connectivity index (χ4v) is 5.47. The molecule has 0 aliphatic carbocycles. The van der Waals surface area contributed by atoms with E-state index in [9.17, 15) is 18.0 Å². The minimum Gasteiger partial charge on any atom is -0.465 e. The van der Waals surface area contributed by atoms with Crippen LogP contribution in [-0.2, 0) is 19.6 Å². The molecular formula is C21H24N2O5S2. The molecule has 1 amide bonds. The van der Waals surface area contributed by atoms with Crippen LogP contribution in [0.15, 0.2) is 46.7 Å². The third-order valence-corrected chi connectivity index (χ3v) is 7.61. The highest BCUT2D eigenvalue weighted by Crippen LogP contribution is 2.23. The average Bonchev–Trinajstić information content (AvgIpc) is 3.02. The summed E-state index contributed by atoms with van der Waals surface area (Å²) in [6, 6.07) is 8.08. The second-order valence-corrected chi connectivity index (χ2v) is 9.72. The molecule has 1 aliphatic heterocycles. The number of hydrogen-bond acceptors (Lipinski definition) is 6. The molecule has 7 nitrogen and oxygen atoms in total. The summed E-state index contributed by atoms with van der Waals surface area (Å²) in [6.45, 7) is 1.11. The summed E-state index contributed by atoms with van der Waals surface area (Å²) in [7, 11) is -2.21. The Balaban J connectivity index is 1.65. The van der Waals surface area contributed by atoms with Crippen LogP contribution in [0.1, 0.15) is 40.9 Å². The monoisotopic (exact) mass is 448 g/mol. The highest BCUT2D eigenvalue weighted by molar-refractivity contribution is 7.89. The second-order valence-electron chi connectivity index (χ2n) is 6.86. The smallest absolute Gasteiger partial charge is 0.350 e. The van der Waals surface area contributed by atoms with Crippen molar-refractivity contribution in [3.8, 4) is 0 Å². The Morgan fingerprint density at radius 1 is 1.07 bits per heavy atom. The van der Waals surface area contributed by atoms with E-state index in [-0.39, 0.29) is 4.90 Å². The Labute approximate surface area is 180 Å². The van der Waals surface area contributed by atoms with Crippen molar-refractivity contribution in [1.82, 2.24) is 4.31 Å². The normalized spacial score (nSPS) is 15.6. The van der Waals surface area contributed by atoms with Crippen LogP contribution in [0.25, 0.3) is 6.08 Å². The minimum atomic E-state index is -3.50. The number of nitrogens with one attached hydrogen (secondary N) is 1. The van der Waals surface area contributed by atoms with E-state index in [2.05, 4.69) is 10.1 Å². The van der Waals surface area contributed by atoms with E-state index >= 15 is 0 Å². The fourth-order valence-electron chi connectivity index (χ4n) is 3.19. The van der Waals surface area contributed by atoms with Crippen LogP contribution in [0.3, 0.4) is 0 Å². The first-order chi connectivity index (χ1) is 14.4. The van der Waals surface area contributed by atoms with Gasteiger partial charge in [0.2, 0.25) is 15.9 Å². The van der Waals surface area contributed by atoms with Gasteiger partial charge in [-0.1, -0.05) is 25.0 Å². The SMILES string of the molecule is COC(=O)c1sccc1NC(=O)/C=C/c1ccc(S(=O)(=O)N2CCCCCC2)cc1. The van der Waals surface area contributed by atoms with Crippen LogP contribution in [-0.4, -0.2) is 44.8 Å². The number of hydrogen-bond donors (Lipinski definition) is 1. The number of carbonyl (C=O) groups excluding carboxylic acids is 2. The van der Waals surface area contributed by atoms with Crippen LogP contribution in [0, 0.1) is 0 Å². The van der Waals surface area contributed by atoms with E-state index in [1.54, 1.807) is 46.1 Å². The van der Waals surface area contributed by atoms with Crippen LogP contribution in [0.5, 0.6) is 0 Å². The predicted molar refractivity (Wildman–Crippen MR) is 117 cm³/mol. The summed E-state index contributed by atoms with van der Waals surface area (Å²) in [6.07, 6.45) is 6.81. The molecule has 0 unspecified atom stereocenters. The number of rotatable bonds is 6. The van der Waals surface area contributed by atoms with Crippen LogP contribution in [0.4, 0.5) is 5.69 Å². The fraction of sp³-hybridized carbons (Fsp3) is 0.333. The van der Waals surface area contributed by atoms with Gasteiger partial charge in [-0.15, -0.1) is 11.3 Å². The van der Waals surface area contributed by atoms with E-state index in [4.69, 9.17) is 0 Å². The van der Waals surface area contributed by atoms with Crippen LogP contribution < -0.4 is 5.32 Å². The van der Waals surface area contributed by atoms with Gasteiger partial charge in [0.05, 0.1) is 17.7 Å². The number of anilines is 1. The Hall–Kier alpha value is -2.49. The van der Waals surface area contributed by atoms with Gasteiger partial charge in [-0.25, -0.2) is 13.2 Å². The zero-order valence-corrected chi connectivity index (χ0v) is 18.3. The van der Waals surface area contributed by atoms with E-state index < -0.39 is 21.9 Å². The lowest BCUT2D eigenvalue weighted by molar-refractivity contribution is -0.111. The molecule has 30 heavy (non-hydrogen) atoms. The number of carbonyl (C=O) groups is 2. The van der Waals surface area contributed by atoms with E-state index in [1.807, 2.05) is 0 Å². The van der Waals surface area contributed by atoms with Gasteiger partial charge in [0.1, 0.15) is 4.88 Å². The molecule has 0 spiro atoms. The van der Waals surface area contributed by atoms with Gasteiger partial charge in [-0.2, -0.15) is 4.31 Å². The summed E-state index contributed by atoms with van der Waals surface area (Å²) >= 11 is 1.18. The number of methoxy groups -OCH3 is 1. The van der Waals surface area contributed by atoms with E-state index in [0.717, 1.165) is 25.7 Å². The Kier molecular flexibility index (Phi) is 7.41. The first-order valence-corrected chi connectivity index (χ1v) is 12.0. The van der Waals surface area contributed by atoms with Gasteiger partial charge >= 0.3 is 5.97 Å². The van der Waals surface area contributed by atoms with Crippen molar-refractivity contribution in [3.05, 3.63) is 52.2 Å². The molecule has 1 aliphatic rings. The third kappa shape index (κ3) is 5.35. The largest absolute Gasteiger partial charge is 0.465 e.